The van der Waals surface area contributed by atoms with E-state index in [2.05, 4.69) is 43.5 Å². The topological polar surface area (TPSA) is 95.9 Å². The molecule has 0 spiro atoms. The molecule has 0 aliphatic carbocycles. The molecule has 1 amide bonds. The van der Waals surface area contributed by atoms with E-state index >= 15 is 0 Å². The van der Waals surface area contributed by atoms with Gasteiger partial charge in [0.1, 0.15) is 0 Å². The van der Waals surface area contributed by atoms with Crippen molar-refractivity contribution in [1.82, 2.24) is 5.32 Å². The maximum atomic E-state index is 12.5. The SMILES string of the molecule is CCCCCCCC/C=C\CCCCCCCC(=O)OCCCCCCCCCCCCCC/C=C\CCCCCCCCCCCCCCCCCC(=O)NC(CO)C(O)/C=C/CCCCCCCCCCCCCCC. The van der Waals surface area contributed by atoms with E-state index in [1.54, 1.807) is 6.08 Å². The molecule has 0 rings (SSSR count). The van der Waals surface area contributed by atoms with Crippen LogP contribution in [-0.2, 0) is 14.3 Å². The normalized spacial score (nSPS) is 12.7. The van der Waals surface area contributed by atoms with E-state index in [0.29, 0.717) is 19.4 Å². The van der Waals surface area contributed by atoms with Gasteiger partial charge in [-0.25, -0.2) is 0 Å². The molecule has 0 aliphatic rings. The molecule has 6 heteroatoms. The van der Waals surface area contributed by atoms with Crippen molar-refractivity contribution >= 4 is 11.9 Å². The smallest absolute Gasteiger partial charge is 0.305 e. The number of ether oxygens (including phenoxy) is 1. The molecule has 2 unspecified atom stereocenters. The molecule has 0 aromatic heterocycles. The molecule has 3 N–H and O–H groups in total. The third-order valence-electron chi connectivity index (χ3n) is 16.4. The summed E-state index contributed by atoms with van der Waals surface area (Å²) in [7, 11) is 0. The molecule has 6 nitrogen and oxygen atoms in total. The second-order valence-corrected chi connectivity index (χ2v) is 24.2. The van der Waals surface area contributed by atoms with Crippen LogP contribution in [0.3, 0.4) is 0 Å². The van der Waals surface area contributed by atoms with Gasteiger partial charge in [-0.3, -0.25) is 9.59 Å². The Balaban J connectivity index is 3.37. The fourth-order valence-electron chi connectivity index (χ4n) is 11.0. The predicted molar refractivity (Wildman–Crippen MR) is 343 cm³/mol. The number of allylic oxidation sites excluding steroid dienone is 5. The maximum Gasteiger partial charge on any atom is 0.305 e. The van der Waals surface area contributed by atoms with Gasteiger partial charge in [0, 0.05) is 12.8 Å². The monoisotopic (exact) mass is 1100 g/mol. The van der Waals surface area contributed by atoms with Crippen LogP contribution in [0.4, 0.5) is 0 Å². The summed E-state index contributed by atoms with van der Waals surface area (Å²) in [4.78, 5) is 24.6. The van der Waals surface area contributed by atoms with Gasteiger partial charge in [-0.2, -0.15) is 0 Å². The number of nitrogens with one attached hydrogen (secondary N) is 1. The highest BCUT2D eigenvalue weighted by Crippen LogP contribution is 2.18. The van der Waals surface area contributed by atoms with Crippen molar-refractivity contribution in [2.75, 3.05) is 13.2 Å². The van der Waals surface area contributed by atoms with Crippen LogP contribution < -0.4 is 5.32 Å². The molecule has 0 aromatic rings. The van der Waals surface area contributed by atoms with Crippen LogP contribution in [-0.4, -0.2) is 47.4 Å². The summed E-state index contributed by atoms with van der Waals surface area (Å²) in [5.41, 5.74) is 0. The number of carbonyl (C=O) groups excluding carboxylic acids is 2. The summed E-state index contributed by atoms with van der Waals surface area (Å²) in [6, 6.07) is -0.626. The van der Waals surface area contributed by atoms with Gasteiger partial charge >= 0.3 is 5.97 Å². The fourth-order valence-corrected chi connectivity index (χ4v) is 11.0. The van der Waals surface area contributed by atoms with Crippen LogP contribution in [0.15, 0.2) is 36.5 Å². The van der Waals surface area contributed by atoms with Gasteiger partial charge in [-0.05, 0) is 83.5 Å². The van der Waals surface area contributed by atoms with Crippen LogP contribution in [0.2, 0.25) is 0 Å². The van der Waals surface area contributed by atoms with Crippen molar-refractivity contribution in [1.29, 1.82) is 0 Å². The lowest BCUT2D eigenvalue weighted by molar-refractivity contribution is -0.143. The molecular weight excluding hydrogens is 959 g/mol. The first-order valence-electron chi connectivity index (χ1n) is 35.3. The van der Waals surface area contributed by atoms with Crippen molar-refractivity contribution in [3.8, 4) is 0 Å². The zero-order valence-electron chi connectivity index (χ0n) is 52.7. The third-order valence-corrected chi connectivity index (χ3v) is 16.4. The molecule has 0 fully saturated rings. The van der Waals surface area contributed by atoms with E-state index < -0.39 is 12.1 Å². The van der Waals surface area contributed by atoms with Gasteiger partial charge in [0.05, 0.1) is 25.4 Å². The lowest BCUT2D eigenvalue weighted by Crippen LogP contribution is -2.45. The van der Waals surface area contributed by atoms with Gasteiger partial charge in [0.2, 0.25) is 5.91 Å². The van der Waals surface area contributed by atoms with Crippen molar-refractivity contribution < 1.29 is 24.5 Å². The first-order chi connectivity index (χ1) is 38.5. The highest BCUT2D eigenvalue weighted by molar-refractivity contribution is 5.76. The number of aliphatic hydroxyl groups excluding tert-OH is 2. The Morgan fingerprint density at radius 1 is 0.346 bits per heavy atom. The minimum atomic E-state index is -0.843. The van der Waals surface area contributed by atoms with E-state index in [-0.39, 0.29) is 18.5 Å². The van der Waals surface area contributed by atoms with Gasteiger partial charge in [0.15, 0.2) is 0 Å². The summed E-state index contributed by atoms with van der Waals surface area (Å²) >= 11 is 0. The minimum Gasteiger partial charge on any atom is -0.466 e. The van der Waals surface area contributed by atoms with Crippen molar-refractivity contribution in [2.24, 2.45) is 0 Å². The number of hydrogen-bond donors (Lipinski definition) is 3. The molecule has 0 aliphatic heterocycles. The molecular formula is C72H137NO5. The lowest BCUT2D eigenvalue weighted by atomic mass is 10.0. The Morgan fingerprint density at radius 3 is 0.910 bits per heavy atom. The summed E-state index contributed by atoms with van der Waals surface area (Å²) < 4.78 is 5.49. The molecule has 0 bridgehead atoms. The Labute approximate surface area is 487 Å². The van der Waals surface area contributed by atoms with Crippen molar-refractivity contribution in [2.45, 2.75) is 398 Å². The number of rotatable bonds is 66. The Hall–Kier alpha value is -1.92. The second kappa shape index (κ2) is 67.6. The van der Waals surface area contributed by atoms with Crippen molar-refractivity contribution in [3.05, 3.63) is 36.5 Å². The van der Waals surface area contributed by atoms with Gasteiger partial charge in [-0.1, -0.05) is 326 Å². The minimum absolute atomic E-state index is 0.00976. The quantitative estimate of drug-likeness (QED) is 0.0320. The average molecular weight is 1100 g/mol. The molecule has 0 heterocycles. The second-order valence-electron chi connectivity index (χ2n) is 24.2. The zero-order valence-corrected chi connectivity index (χ0v) is 52.7. The summed E-state index contributed by atoms with van der Waals surface area (Å²) in [5.74, 6) is -0.0541. The number of carbonyl (C=O) groups is 2. The molecule has 0 radical (unpaired) electrons. The van der Waals surface area contributed by atoms with Crippen LogP contribution in [0.1, 0.15) is 386 Å². The first kappa shape index (κ1) is 76.1. The number of aliphatic hydroxyl groups is 2. The number of amides is 1. The van der Waals surface area contributed by atoms with Crippen LogP contribution in [0, 0.1) is 0 Å². The Bertz CT molecular complexity index is 1260. The van der Waals surface area contributed by atoms with Gasteiger partial charge in [-0.15, -0.1) is 0 Å². The largest absolute Gasteiger partial charge is 0.466 e. The average Bonchev–Trinajstić information content (AvgIpc) is 3.44. The highest BCUT2D eigenvalue weighted by Gasteiger charge is 2.18. The van der Waals surface area contributed by atoms with Crippen molar-refractivity contribution in [3.63, 3.8) is 0 Å². The van der Waals surface area contributed by atoms with E-state index in [0.717, 1.165) is 44.9 Å². The molecule has 0 aromatic carbocycles. The molecule has 0 saturated heterocycles. The van der Waals surface area contributed by atoms with Crippen LogP contribution in [0.25, 0.3) is 0 Å². The first-order valence-corrected chi connectivity index (χ1v) is 35.3. The van der Waals surface area contributed by atoms with E-state index in [1.165, 1.54) is 315 Å². The predicted octanol–water partition coefficient (Wildman–Crippen LogP) is 22.7. The number of unbranched alkanes of at least 4 members (excludes halogenated alkanes) is 51. The maximum absolute atomic E-state index is 12.5. The third kappa shape index (κ3) is 63.3. The molecule has 78 heavy (non-hydrogen) atoms. The Morgan fingerprint density at radius 2 is 0.603 bits per heavy atom. The van der Waals surface area contributed by atoms with Crippen LogP contribution in [0.5, 0.6) is 0 Å². The summed E-state index contributed by atoms with van der Waals surface area (Å²) in [5, 5.41) is 23.2. The van der Waals surface area contributed by atoms with E-state index in [4.69, 9.17) is 4.74 Å². The standard InChI is InChI=1S/C72H137NO5/c1-3-5-7-9-11-13-15-17-36-40-44-48-52-56-60-64-70(75)69(68-74)73-71(76)65-61-57-53-49-45-41-38-34-32-30-28-26-24-22-20-19-21-23-25-27-29-31-33-35-39-43-47-51-55-59-63-67-78-72(77)66-62-58-54-50-46-42-37-18-16-14-12-10-8-6-4-2/h18,21,23,37,60,64,69-70,74-75H,3-17,19-20,22,24-36,38-59,61-63,65-68H2,1-2H3,(H,73,76)/b23-21-,37-18-,64-60+. The zero-order chi connectivity index (χ0) is 56.4. The lowest BCUT2D eigenvalue weighted by Gasteiger charge is -2.20. The number of esters is 1. The number of hydrogen-bond acceptors (Lipinski definition) is 5. The molecule has 2 atom stereocenters. The highest BCUT2D eigenvalue weighted by atomic mass is 16.5. The van der Waals surface area contributed by atoms with Crippen LogP contribution >= 0.6 is 0 Å². The van der Waals surface area contributed by atoms with E-state index in [1.807, 2.05) is 6.08 Å². The van der Waals surface area contributed by atoms with Gasteiger partial charge in [0.25, 0.3) is 0 Å². The summed E-state index contributed by atoms with van der Waals surface area (Å²) in [6.45, 7) is 4.92. The fraction of sp³-hybridized carbons (Fsp3) is 0.889. The summed E-state index contributed by atoms with van der Waals surface area (Å²) in [6.07, 6.45) is 86.6. The molecule has 0 saturated carbocycles. The van der Waals surface area contributed by atoms with E-state index in [9.17, 15) is 19.8 Å². The molecule has 460 valence electrons. The Kier molecular flexibility index (Phi) is 65.9. The van der Waals surface area contributed by atoms with Gasteiger partial charge < -0.3 is 20.3 Å².